The molecule has 18 heavy (non-hydrogen) atoms. The molecular formula is C17H16O. The third kappa shape index (κ3) is 2.08. The van der Waals surface area contributed by atoms with Crippen molar-refractivity contribution in [3.8, 4) is 0 Å². The lowest BCUT2D eigenvalue weighted by molar-refractivity contribution is -0.127. The molecule has 1 fully saturated rings. The van der Waals surface area contributed by atoms with Crippen LogP contribution in [0.25, 0.3) is 0 Å². The first kappa shape index (κ1) is 11.2. The highest BCUT2D eigenvalue weighted by molar-refractivity contribution is 5.85. The van der Waals surface area contributed by atoms with Crippen LogP contribution in [0.5, 0.6) is 0 Å². The third-order valence-electron chi connectivity index (χ3n) is 3.77. The zero-order valence-electron chi connectivity index (χ0n) is 10.3. The van der Waals surface area contributed by atoms with Gasteiger partial charge in [-0.1, -0.05) is 60.7 Å². The quantitative estimate of drug-likeness (QED) is 0.792. The summed E-state index contributed by atoms with van der Waals surface area (Å²) < 4.78 is 0. The normalized spacial score (nSPS) is 15.7. The maximum Gasteiger partial charge on any atom is 0.133 e. The highest BCUT2D eigenvalue weighted by Gasteiger charge is 2.35. The Hall–Kier alpha value is -1.89. The number of benzene rings is 2. The summed E-state index contributed by atoms with van der Waals surface area (Å²) in [5.41, 5.74) is 2.64. The average Bonchev–Trinajstić information content (AvgIpc) is 2.40. The van der Waals surface area contributed by atoms with Crippen LogP contribution in [0.3, 0.4) is 0 Å². The predicted octanol–water partition coefficient (Wildman–Crippen LogP) is 3.80. The van der Waals surface area contributed by atoms with Gasteiger partial charge >= 0.3 is 0 Å². The molecule has 0 radical (unpaired) electrons. The van der Waals surface area contributed by atoms with E-state index in [0.717, 1.165) is 12.8 Å². The predicted molar refractivity (Wildman–Crippen MR) is 72.5 cm³/mol. The lowest BCUT2D eigenvalue weighted by atomic mass is 9.69. The van der Waals surface area contributed by atoms with Gasteiger partial charge in [0.1, 0.15) is 5.78 Å². The molecule has 0 amide bonds. The highest BCUT2D eigenvalue weighted by Crippen LogP contribution is 2.41. The fraction of sp³-hybridized carbons (Fsp3) is 0.235. The number of Topliss-reactive ketones (excluding diaryl/α,β-unsaturated/α-hetero) is 1. The molecule has 1 aliphatic carbocycles. The second-order valence-corrected chi connectivity index (χ2v) is 5.01. The van der Waals surface area contributed by atoms with Gasteiger partial charge in [-0.25, -0.2) is 0 Å². The molecular weight excluding hydrogens is 220 g/mol. The van der Waals surface area contributed by atoms with Crippen LogP contribution in [0.2, 0.25) is 0 Å². The molecule has 0 heterocycles. The Kier molecular flexibility index (Phi) is 2.97. The van der Waals surface area contributed by atoms with E-state index in [1.165, 1.54) is 11.1 Å². The van der Waals surface area contributed by atoms with Crippen LogP contribution >= 0.6 is 0 Å². The SMILES string of the molecule is O=C1CC(C(c2ccccc2)c2ccccc2)C1. The van der Waals surface area contributed by atoms with Crippen molar-refractivity contribution < 1.29 is 4.79 Å². The number of hydrogen-bond acceptors (Lipinski definition) is 1. The second-order valence-electron chi connectivity index (χ2n) is 5.01. The molecule has 2 aromatic rings. The van der Waals surface area contributed by atoms with Gasteiger partial charge in [-0.05, 0) is 17.0 Å². The number of carbonyl (C=O) groups excluding carboxylic acids is 1. The summed E-state index contributed by atoms with van der Waals surface area (Å²) in [6, 6.07) is 21.0. The van der Waals surface area contributed by atoms with Gasteiger partial charge in [0.25, 0.3) is 0 Å². The Labute approximate surface area is 107 Å². The molecule has 3 rings (SSSR count). The van der Waals surface area contributed by atoms with Crippen molar-refractivity contribution in [2.45, 2.75) is 18.8 Å². The molecule has 0 atom stereocenters. The summed E-state index contributed by atoms with van der Waals surface area (Å²) in [5, 5.41) is 0. The van der Waals surface area contributed by atoms with Gasteiger partial charge in [0.05, 0.1) is 0 Å². The second kappa shape index (κ2) is 4.77. The molecule has 0 aliphatic heterocycles. The van der Waals surface area contributed by atoms with Gasteiger partial charge in [0.2, 0.25) is 0 Å². The zero-order chi connectivity index (χ0) is 12.4. The van der Waals surface area contributed by atoms with Crippen molar-refractivity contribution in [2.75, 3.05) is 0 Å². The van der Waals surface area contributed by atoms with Gasteiger partial charge in [-0.15, -0.1) is 0 Å². The molecule has 2 aromatic carbocycles. The fourth-order valence-corrected chi connectivity index (χ4v) is 2.82. The number of hydrogen-bond donors (Lipinski definition) is 0. The zero-order valence-corrected chi connectivity index (χ0v) is 10.3. The monoisotopic (exact) mass is 236 g/mol. The number of carbonyl (C=O) groups is 1. The summed E-state index contributed by atoms with van der Waals surface area (Å²) >= 11 is 0. The van der Waals surface area contributed by atoms with Crippen molar-refractivity contribution in [1.82, 2.24) is 0 Å². The Bertz CT molecular complexity index is 483. The lowest BCUT2D eigenvalue weighted by Gasteiger charge is -2.33. The van der Waals surface area contributed by atoms with E-state index in [9.17, 15) is 4.79 Å². The van der Waals surface area contributed by atoms with Crippen molar-refractivity contribution in [1.29, 1.82) is 0 Å². The summed E-state index contributed by atoms with van der Waals surface area (Å²) in [7, 11) is 0. The molecule has 0 unspecified atom stereocenters. The minimum absolute atomic E-state index is 0.366. The fourth-order valence-electron chi connectivity index (χ4n) is 2.82. The molecule has 1 aliphatic rings. The first-order valence-corrected chi connectivity index (χ1v) is 6.46. The number of ketones is 1. The Morgan fingerprint density at radius 3 is 1.61 bits per heavy atom. The van der Waals surface area contributed by atoms with Crippen molar-refractivity contribution in [3.05, 3.63) is 71.8 Å². The lowest BCUT2D eigenvalue weighted by Crippen LogP contribution is -2.29. The van der Waals surface area contributed by atoms with Crippen LogP contribution in [-0.2, 0) is 4.79 Å². The van der Waals surface area contributed by atoms with Gasteiger partial charge in [-0.3, -0.25) is 4.79 Å². The van der Waals surface area contributed by atoms with Crippen LogP contribution < -0.4 is 0 Å². The topological polar surface area (TPSA) is 17.1 Å². The van der Waals surface area contributed by atoms with Crippen molar-refractivity contribution in [3.63, 3.8) is 0 Å². The van der Waals surface area contributed by atoms with Crippen LogP contribution in [0, 0.1) is 5.92 Å². The van der Waals surface area contributed by atoms with Gasteiger partial charge in [0.15, 0.2) is 0 Å². The minimum atomic E-state index is 0.366. The highest BCUT2D eigenvalue weighted by atomic mass is 16.1. The van der Waals surface area contributed by atoms with Crippen LogP contribution in [0.4, 0.5) is 0 Å². The van der Waals surface area contributed by atoms with E-state index >= 15 is 0 Å². The first-order valence-electron chi connectivity index (χ1n) is 6.46. The summed E-state index contributed by atoms with van der Waals surface area (Å²) in [5.74, 6) is 1.24. The summed E-state index contributed by atoms with van der Waals surface area (Å²) in [4.78, 5) is 11.3. The van der Waals surface area contributed by atoms with E-state index in [-0.39, 0.29) is 0 Å². The van der Waals surface area contributed by atoms with E-state index in [0.29, 0.717) is 17.6 Å². The maximum absolute atomic E-state index is 11.3. The van der Waals surface area contributed by atoms with Crippen LogP contribution in [0.15, 0.2) is 60.7 Å². The molecule has 90 valence electrons. The minimum Gasteiger partial charge on any atom is -0.300 e. The Balaban J connectivity index is 1.97. The van der Waals surface area contributed by atoms with Crippen molar-refractivity contribution >= 4 is 5.78 Å². The smallest absolute Gasteiger partial charge is 0.133 e. The third-order valence-corrected chi connectivity index (χ3v) is 3.77. The molecule has 0 aromatic heterocycles. The van der Waals surface area contributed by atoms with Crippen molar-refractivity contribution in [2.24, 2.45) is 5.92 Å². The van der Waals surface area contributed by atoms with E-state index < -0.39 is 0 Å². The Morgan fingerprint density at radius 2 is 1.22 bits per heavy atom. The first-order chi connectivity index (χ1) is 8.84. The van der Waals surface area contributed by atoms with Gasteiger partial charge in [0, 0.05) is 18.8 Å². The molecule has 1 heteroatoms. The summed E-state index contributed by atoms with van der Waals surface area (Å²) in [6.07, 6.45) is 1.46. The molecule has 1 nitrogen and oxygen atoms in total. The van der Waals surface area contributed by atoms with E-state index in [1.807, 2.05) is 12.1 Å². The van der Waals surface area contributed by atoms with E-state index in [4.69, 9.17) is 0 Å². The van der Waals surface area contributed by atoms with E-state index in [2.05, 4.69) is 48.5 Å². The van der Waals surface area contributed by atoms with Crippen LogP contribution in [-0.4, -0.2) is 5.78 Å². The van der Waals surface area contributed by atoms with Gasteiger partial charge < -0.3 is 0 Å². The summed E-state index contributed by atoms with van der Waals surface area (Å²) in [6.45, 7) is 0. The number of rotatable bonds is 3. The average molecular weight is 236 g/mol. The standard InChI is InChI=1S/C17H16O/c18-16-11-15(12-16)17(13-7-3-1-4-8-13)14-9-5-2-6-10-14/h1-10,15,17H,11-12H2. The molecule has 1 saturated carbocycles. The molecule has 0 saturated heterocycles. The largest absolute Gasteiger partial charge is 0.300 e. The maximum atomic E-state index is 11.3. The molecule has 0 spiro atoms. The molecule has 0 N–H and O–H groups in total. The Morgan fingerprint density at radius 1 is 0.778 bits per heavy atom. The molecule has 0 bridgehead atoms. The van der Waals surface area contributed by atoms with Crippen LogP contribution in [0.1, 0.15) is 29.9 Å². The van der Waals surface area contributed by atoms with E-state index in [1.54, 1.807) is 0 Å². The van der Waals surface area contributed by atoms with Gasteiger partial charge in [-0.2, -0.15) is 0 Å².